The first-order valence-electron chi connectivity index (χ1n) is 3.56. The van der Waals surface area contributed by atoms with Crippen molar-refractivity contribution in [3.63, 3.8) is 0 Å². The predicted octanol–water partition coefficient (Wildman–Crippen LogP) is 2.58. The maximum Gasteiger partial charge on any atom is 0.0961 e. The second kappa shape index (κ2) is 5.56. The van der Waals surface area contributed by atoms with Crippen LogP contribution in [0.25, 0.3) is 0 Å². The fourth-order valence-corrected chi connectivity index (χ4v) is 1.66. The fraction of sp³-hybridized carbons (Fsp3) is 0.375. The lowest BCUT2D eigenvalue weighted by Gasteiger charge is -1.98. The zero-order valence-electron chi connectivity index (χ0n) is 6.79. The van der Waals surface area contributed by atoms with Gasteiger partial charge >= 0.3 is 0 Å². The molecular weight excluding hydrogens is 238 g/mol. The lowest BCUT2D eigenvalue weighted by atomic mass is 10.5. The van der Waals surface area contributed by atoms with E-state index in [1.165, 1.54) is 0 Å². The standard InChI is InChI=1S/C8H10BrNOS/c1-11-4-5-12-8-3-2-7(9)6-10-8/h2-3,6H,4-5H2,1H3. The van der Waals surface area contributed by atoms with E-state index in [4.69, 9.17) is 4.74 Å². The summed E-state index contributed by atoms with van der Waals surface area (Å²) in [5, 5.41) is 1.04. The summed E-state index contributed by atoms with van der Waals surface area (Å²) in [5.74, 6) is 0.950. The second-order valence-corrected chi connectivity index (χ2v) is 4.19. The molecule has 0 saturated carbocycles. The molecule has 0 aliphatic carbocycles. The molecule has 0 saturated heterocycles. The van der Waals surface area contributed by atoms with Crippen LogP contribution < -0.4 is 0 Å². The Labute approximate surface area is 84.9 Å². The molecule has 12 heavy (non-hydrogen) atoms. The molecular formula is C8H10BrNOS. The molecule has 0 unspecified atom stereocenters. The number of methoxy groups -OCH3 is 1. The van der Waals surface area contributed by atoms with Crippen LogP contribution in [0.4, 0.5) is 0 Å². The van der Waals surface area contributed by atoms with Crippen LogP contribution in [0.1, 0.15) is 0 Å². The summed E-state index contributed by atoms with van der Waals surface area (Å²) in [6, 6.07) is 3.98. The van der Waals surface area contributed by atoms with Crippen molar-refractivity contribution < 1.29 is 4.74 Å². The summed E-state index contributed by atoms with van der Waals surface area (Å²) in [7, 11) is 1.70. The highest BCUT2D eigenvalue weighted by Gasteiger charge is 1.94. The maximum absolute atomic E-state index is 4.93. The van der Waals surface area contributed by atoms with Crippen molar-refractivity contribution in [1.82, 2.24) is 4.98 Å². The van der Waals surface area contributed by atoms with Crippen LogP contribution in [0, 0.1) is 0 Å². The average molecular weight is 248 g/mol. The zero-order valence-corrected chi connectivity index (χ0v) is 9.19. The van der Waals surface area contributed by atoms with Gasteiger partial charge in [-0.25, -0.2) is 4.98 Å². The Bertz CT molecular complexity index is 227. The van der Waals surface area contributed by atoms with Gasteiger partial charge in [-0.15, -0.1) is 11.8 Å². The summed E-state index contributed by atoms with van der Waals surface area (Å²) in [6.45, 7) is 0.766. The lowest BCUT2D eigenvalue weighted by Crippen LogP contribution is -1.91. The summed E-state index contributed by atoms with van der Waals surface area (Å²) < 4.78 is 5.94. The van der Waals surface area contributed by atoms with Gasteiger partial charge in [0, 0.05) is 23.5 Å². The van der Waals surface area contributed by atoms with Crippen LogP contribution in [-0.4, -0.2) is 24.5 Å². The monoisotopic (exact) mass is 247 g/mol. The van der Waals surface area contributed by atoms with Crippen molar-refractivity contribution in [2.24, 2.45) is 0 Å². The van der Waals surface area contributed by atoms with Crippen LogP contribution in [0.5, 0.6) is 0 Å². The van der Waals surface area contributed by atoms with E-state index >= 15 is 0 Å². The van der Waals surface area contributed by atoms with Crippen molar-refractivity contribution in [3.8, 4) is 0 Å². The quantitative estimate of drug-likeness (QED) is 0.604. The molecule has 0 aromatic carbocycles. The number of thioether (sulfide) groups is 1. The van der Waals surface area contributed by atoms with Crippen molar-refractivity contribution in [2.45, 2.75) is 5.03 Å². The summed E-state index contributed by atoms with van der Waals surface area (Å²) in [4.78, 5) is 4.21. The molecule has 0 amide bonds. The molecule has 2 nitrogen and oxygen atoms in total. The molecule has 0 N–H and O–H groups in total. The van der Waals surface area contributed by atoms with Gasteiger partial charge < -0.3 is 4.74 Å². The molecule has 4 heteroatoms. The second-order valence-electron chi connectivity index (χ2n) is 2.16. The third kappa shape index (κ3) is 3.56. The number of hydrogen-bond acceptors (Lipinski definition) is 3. The van der Waals surface area contributed by atoms with Crippen molar-refractivity contribution >= 4 is 27.7 Å². The number of rotatable bonds is 4. The van der Waals surface area contributed by atoms with Gasteiger partial charge in [0.1, 0.15) is 0 Å². The zero-order chi connectivity index (χ0) is 8.81. The minimum Gasteiger partial charge on any atom is -0.384 e. The Morgan fingerprint density at radius 2 is 2.42 bits per heavy atom. The molecule has 0 aliphatic heterocycles. The minimum atomic E-state index is 0.766. The summed E-state index contributed by atoms with van der Waals surface area (Å²) in [5.41, 5.74) is 0. The van der Waals surface area contributed by atoms with Crippen LogP contribution in [0.2, 0.25) is 0 Å². The SMILES string of the molecule is COCCSc1ccc(Br)cn1. The first-order chi connectivity index (χ1) is 5.83. The van der Waals surface area contributed by atoms with E-state index in [0.717, 1.165) is 21.9 Å². The largest absolute Gasteiger partial charge is 0.384 e. The normalized spacial score (nSPS) is 10.2. The molecule has 66 valence electrons. The van der Waals surface area contributed by atoms with Gasteiger partial charge in [-0.3, -0.25) is 0 Å². The van der Waals surface area contributed by atoms with E-state index in [-0.39, 0.29) is 0 Å². The molecule has 0 radical (unpaired) electrons. The van der Waals surface area contributed by atoms with Crippen LogP contribution >= 0.6 is 27.7 Å². The molecule has 1 aromatic rings. The molecule has 0 fully saturated rings. The van der Waals surface area contributed by atoms with Crippen molar-refractivity contribution in [1.29, 1.82) is 0 Å². The molecule has 1 aromatic heterocycles. The van der Waals surface area contributed by atoms with Crippen molar-refractivity contribution in [2.75, 3.05) is 19.5 Å². The van der Waals surface area contributed by atoms with E-state index in [9.17, 15) is 0 Å². The van der Waals surface area contributed by atoms with Gasteiger partial charge in [-0.1, -0.05) is 0 Å². The first kappa shape index (κ1) is 10.0. The number of pyridine rings is 1. The fourth-order valence-electron chi connectivity index (χ4n) is 0.677. The summed E-state index contributed by atoms with van der Waals surface area (Å²) in [6.07, 6.45) is 1.80. The van der Waals surface area contributed by atoms with Gasteiger partial charge in [0.15, 0.2) is 0 Å². The molecule has 1 rings (SSSR count). The molecule has 0 atom stereocenters. The Hall–Kier alpha value is -0.0600. The Kier molecular flexibility index (Phi) is 4.65. The molecule has 0 spiro atoms. The molecule has 0 bridgehead atoms. The van der Waals surface area contributed by atoms with Crippen LogP contribution in [-0.2, 0) is 4.74 Å². The van der Waals surface area contributed by atoms with Crippen molar-refractivity contribution in [3.05, 3.63) is 22.8 Å². The number of halogens is 1. The third-order valence-corrected chi connectivity index (χ3v) is 2.61. The Morgan fingerprint density at radius 3 is 3.00 bits per heavy atom. The van der Waals surface area contributed by atoms with Crippen LogP contribution in [0.15, 0.2) is 27.8 Å². The first-order valence-corrected chi connectivity index (χ1v) is 5.34. The topological polar surface area (TPSA) is 22.1 Å². The van der Waals surface area contributed by atoms with Crippen LogP contribution in [0.3, 0.4) is 0 Å². The Morgan fingerprint density at radius 1 is 1.58 bits per heavy atom. The van der Waals surface area contributed by atoms with Gasteiger partial charge in [0.25, 0.3) is 0 Å². The highest BCUT2D eigenvalue weighted by Crippen LogP contribution is 2.16. The van der Waals surface area contributed by atoms with E-state index in [1.807, 2.05) is 12.1 Å². The van der Waals surface area contributed by atoms with Gasteiger partial charge in [0.2, 0.25) is 0 Å². The van der Waals surface area contributed by atoms with E-state index in [1.54, 1.807) is 25.1 Å². The average Bonchev–Trinajstić information content (AvgIpc) is 2.09. The smallest absolute Gasteiger partial charge is 0.0961 e. The Balaban J connectivity index is 2.37. The lowest BCUT2D eigenvalue weighted by molar-refractivity contribution is 0.218. The van der Waals surface area contributed by atoms with Gasteiger partial charge in [0.05, 0.1) is 11.6 Å². The highest BCUT2D eigenvalue weighted by molar-refractivity contribution is 9.10. The van der Waals surface area contributed by atoms with E-state index < -0.39 is 0 Å². The number of aromatic nitrogens is 1. The molecule has 1 heterocycles. The maximum atomic E-state index is 4.93. The number of nitrogens with zero attached hydrogens (tertiary/aromatic N) is 1. The number of ether oxygens (including phenoxy) is 1. The minimum absolute atomic E-state index is 0.766. The molecule has 0 aliphatic rings. The highest BCUT2D eigenvalue weighted by atomic mass is 79.9. The predicted molar refractivity (Wildman–Crippen MR) is 54.5 cm³/mol. The van der Waals surface area contributed by atoms with E-state index in [0.29, 0.717) is 0 Å². The van der Waals surface area contributed by atoms with E-state index in [2.05, 4.69) is 20.9 Å². The third-order valence-electron chi connectivity index (χ3n) is 1.24. The van der Waals surface area contributed by atoms with Gasteiger partial charge in [-0.05, 0) is 28.1 Å². The summed E-state index contributed by atoms with van der Waals surface area (Å²) >= 11 is 5.03. The number of hydrogen-bond donors (Lipinski definition) is 0. The van der Waals surface area contributed by atoms with Gasteiger partial charge in [-0.2, -0.15) is 0 Å².